The Kier molecular flexibility index (Phi) is 3.92. The Morgan fingerprint density at radius 1 is 0.955 bits per heavy atom. The molecule has 0 N–H and O–H groups in total. The van der Waals surface area contributed by atoms with E-state index >= 15 is 0 Å². The molecule has 0 aliphatic carbocycles. The number of benzene rings is 2. The summed E-state index contributed by atoms with van der Waals surface area (Å²) in [6.45, 7) is 3.47. The van der Waals surface area contributed by atoms with Gasteiger partial charge in [-0.2, -0.15) is 0 Å². The van der Waals surface area contributed by atoms with Crippen LogP contribution in [0.5, 0.6) is 0 Å². The van der Waals surface area contributed by atoms with Gasteiger partial charge in [0.2, 0.25) is 0 Å². The molecule has 1 fully saturated rings. The van der Waals surface area contributed by atoms with Crippen molar-refractivity contribution in [1.29, 1.82) is 0 Å². The molecule has 0 saturated carbocycles. The zero-order valence-corrected chi connectivity index (χ0v) is 13.5. The van der Waals surface area contributed by atoms with E-state index in [2.05, 4.69) is 52.7 Å². The van der Waals surface area contributed by atoms with Gasteiger partial charge >= 0.3 is 0 Å². The van der Waals surface area contributed by atoms with Crippen LogP contribution in [0, 0.1) is 0 Å². The minimum absolute atomic E-state index is 1.01. The molecule has 3 heteroatoms. The van der Waals surface area contributed by atoms with Gasteiger partial charge in [0.1, 0.15) is 5.01 Å². The van der Waals surface area contributed by atoms with E-state index in [-0.39, 0.29) is 0 Å². The molecule has 0 bridgehead atoms. The molecule has 0 spiro atoms. The van der Waals surface area contributed by atoms with Crippen LogP contribution in [0.25, 0.3) is 22.0 Å². The van der Waals surface area contributed by atoms with Crippen LogP contribution in [0.1, 0.15) is 24.3 Å². The van der Waals surface area contributed by atoms with Gasteiger partial charge in [0, 0.05) is 10.9 Å². The summed E-state index contributed by atoms with van der Waals surface area (Å²) in [7, 11) is 0. The number of thiazole rings is 1. The van der Waals surface area contributed by atoms with Crippen LogP contribution in [0.3, 0.4) is 0 Å². The fourth-order valence-electron chi connectivity index (χ4n) is 3.17. The molecule has 2 aromatic carbocycles. The van der Waals surface area contributed by atoms with Crippen LogP contribution in [-0.2, 0) is 6.54 Å². The number of likely N-dealkylation sites (tertiary alicyclic amines) is 1. The fraction of sp³-hybridized carbons (Fsp3) is 0.316. The Bertz CT molecular complexity index is 772. The van der Waals surface area contributed by atoms with Gasteiger partial charge in [-0.1, -0.05) is 42.8 Å². The van der Waals surface area contributed by atoms with Crippen molar-refractivity contribution in [3.05, 3.63) is 52.9 Å². The van der Waals surface area contributed by atoms with Crippen LogP contribution in [0.2, 0.25) is 0 Å². The molecule has 112 valence electrons. The largest absolute Gasteiger partial charge is 0.297 e. The second-order valence-corrected chi connectivity index (χ2v) is 6.97. The first-order valence-corrected chi connectivity index (χ1v) is 8.92. The molecular formula is C19H20N2S. The summed E-state index contributed by atoms with van der Waals surface area (Å²) in [5, 5.41) is 6.01. The second-order valence-electron chi connectivity index (χ2n) is 6.03. The van der Waals surface area contributed by atoms with Gasteiger partial charge in [-0.25, -0.2) is 4.98 Å². The van der Waals surface area contributed by atoms with Crippen LogP contribution < -0.4 is 0 Å². The van der Waals surface area contributed by atoms with Crippen LogP contribution in [-0.4, -0.2) is 23.0 Å². The molecule has 22 heavy (non-hydrogen) atoms. The maximum Gasteiger partial charge on any atom is 0.107 e. The van der Waals surface area contributed by atoms with Gasteiger partial charge in [-0.3, -0.25) is 4.90 Å². The van der Waals surface area contributed by atoms with E-state index in [9.17, 15) is 0 Å². The van der Waals surface area contributed by atoms with Gasteiger partial charge in [-0.15, -0.1) is 11.3 Å². The van der Waals surface area contributed by atoms with E-state index in [0.29, 0.717) is 0 Å². The molecule has 3 aromatic rings. The zero-order chi connectivity index (χ0) is 14.8. The maximum absolute atomic E-state index is 4.86. The molecule has 0 atom stereocenters. The number of nitrogens with zero attached hydrogens (tertiary/aromatic N) is 2. The first kappa shape index (κ1) is 13.9. The number of aromatic nitrogens is 1. The third kappa shape index (κ3) is 2.92. The minimum Gasteiger partial charge on any atom is -0.297 e. The number of hydrogen-bond donors (Lipinski definition) is 0. The van der Waals surface area contributed by atoms with Crippen LogP contribution in [0.4, 0.5) is 0 Å². The average molecular weight is 308 g/mol. The molecule has 2 heterocycles. The molecule has 0 unspecified atom stereocenters. The number of rotatable bonds is 3. The SMILES string of the molecule is c1ccc2cc(-c3csc(CN4CCCCC4)n3)ccc2c1. The fourth-order valence-corrected chi connectivity index (χ4v) is 4.02. The lowest BCUT2D eigenvalue weighted by Gasteiger charge is -2.25. The van der Waals surface area contributed by atoms with Crippen molar-refractivity contribution >= 4 is 22.1 Å². The average Bonchev–Trinajstić information content (AvgIpc) is 3.04. The quantitative estimate of drug-likeness (QED) is 0.680. The van der Waals surface area contributed by atoms with Crippen molar-refractivity contribution in [2.45, 2.75) is 25.8 Å². The van der Waals surface area contributed by atoms with Crippen molar-refractivity contribution in [3.63, 3.8) is 0 Å². The summed E-state index contributed by atoms with van der Waals surface area (Å²) in [5.74, 6) is 0. The first-order valence-electron chi connectivity index (χ1n) is 8.04. The zero-order valence-electron chi connectivity index (χ0n) is 12.7. The Labute approximate surface area is 135 Å². The van der Waals surface area contributed by atoms with Gasteiger partial charge in [0.25, 0.3) is 0 Å². The maximum atomic E-state index is 4.86. The molecule has 2 nitrogen and oxygen atoms in total. The molecule has 4 rings (SSSR count). The second kappa shape index (κ2) is 6.19. The lowest BCUT2D eigenvalue weighted by Crippen LogP contribution is -2.28. The van der Waals surface area contributed by atoms with Gasteiger partial charge < -0.3 is 0 Å². The Morgan fingerprint density at radius 2 is 1.77 bits per heavy atom. The molecule has 1 aliphatic rings. The van der Waals surface area contributed by atoms with Gasteiger partial charge in [0.05, 0.1) is 12.2 Å². The van der Waals surface area contributed by atoms with E-state index in [1.54, 1.807) is 11.3 Å². The summed E-state index contributed by atoms with van der Waals surface area (Å²) in [6.07, 6.45) is 4.06. The summed E-state index contributed by atoms with van der Waals surface area (Å²) >= 11 is 1.79. The molecule has 0 radical (unpaired) electrons. The topological polar surface area (TPSA) is 16.1 Å². The van der Waals surface area contributed by atoms with Crippen molar-refractivity contribution < 1.29 is 0 Å². The Balaban J connectivity index is 1.56. The Morgan fingerprint density at radius 3 is 2.64 bits per heavy atom. The summed E-state index contributed by atoms with van der Waals surface area (Å²) in [6, 6.07) is 15.1. The third-order valence-electron chi connectivity index (χ3n) is 4.40. The third-order valence-corrected chi connectivity index (χ3v) is 5.24. The Hall–Kier alpha value is -1.71. The highest BCUT2D eigenvalue weighted by molar-refractivity contribution is 7.09. The van der Waals surface area contributed by atoms with Crippen molar-refractivity contribution in [3.8, 4) is 11.3 Å². The van der Waals surface area contributed by atoms with E-state index in [1.807, 2.05) is 0 Å². The van der Waals surface area contributed by atoms with Gasteiger partial charge in [-0.05, 0) is 42.8 Å². The van der Waals surface area contributed by atoms with E-state index in [1.165, 1.54) is 53.7 Å². The summed E-state index contributed by atoms with van der Waals surface area (Å²) < 4.78 is 0. The van der Waals surface area contributed by atoms with Crippen LogP contribution >= 0.6 is 11.3 Å². The van der Waals surface area contributed by atoms with E-state index < -0.39 is 0 Å². The van der Waals surface area contributed by atoms with Crippen molar-refractivity contribution in [1.82, 2.24) is 9.88 Å². The monoisotopic (exact) mass is 308 g/mol. The standard InChI is InChI=1S/C19H20N2S/c1-4-10-21(11-5-1)13-19-20-18(14-22-19)17-9-8-15-6-2-3-7-16(15)12-17/h2-3,6-9,12,14H,1,4-5,10-11,13H2. The van der Waals surface area contributed by atoms with Gasteiger partial charge in [0.15, 0.2) is 0 Å². The van der Waals surface area contributed by atoms with Crippen LogP contribution in [0.15, 0.2) is 47.8 Å². The molecule has 0 amide bonds. The highest BCUT2D eigenvalue weighted by Crippen LogP contribution is 2.26. The summed E-state index contributed by atoms with van der Waals surface area (Å²) in [4.78, 5) is 7.39. The highest BCUT2D eigenvalue weighted by Gasteiger charge is 2.13. The van der Waals surface area contributed by atoms with E-state index in [4.69, 9.17) is 4.98 Å². The highest BCUT2D eigenvalue weighted by atomic mass is 32.1. The van der Waals surface area contributed by atoms with E-state index in [0.717, 1.165) is 12.2 Å². The minimum atomic E-state index is 1.01. The lowest BCUT2D eigenvalue weighted by molar-refractivity contribution is 0.220. The lowest BCUT2D eigenvalue weighted by atomic mass is 10.1. The van der Waals surface area contributed by atoms with Crippen molar-refractivity contribution in [2.75, 3.05) is 13.1 Å². The summed E-state index contributed by atoms with van der Waals surface area (Å²) in [5.41, 5.74) is 2.34. The first-order chi connectivity index (χ1) is 10.9. The van der Waals surface area contributed by atoms with Crippen molar-refractivity contribution in [2.24, 2.45) is 0 Å². The molecule has 1 aliphatic heterocycles. The molecule has 1 aromatic heterocycles. The number of fused-ring (bicyclic) bond motifs is 1. The number of piperidine rings is 1. The smallest absolute Gasteiger partial charge is 0.107 e. The molecular weight excluding hydrogens is 288 g/mol. The number of hydrogen-bond acceptors (Lipinski definition) is 3. The molecule has 1 saturated heterocycles. The predicted octanol–water partition coefficient (Wildman–Crippen LogP) is 4.95. The predicted molar refractivity (Wildman–Crippen MR) is 94.2 cm³/mol. The normalized spacial score (nSPS) is 16.2.